The molecule has 2 N–H and O–H groups in total. The van der Waals surface area contributed by atoms with E-state index >= 15 is 0 Å². The van der Waals surface area contributed by atoms with Crippen LogP contribution in [0.1, 0.15) is 155 Å². The molecule has 2 aromatic rings. The van der Waals surface area contributed by atoms with Crippen molar-refractivity contribution in [3.63, 3.8) is 0 Å². The van der Waals surface area contributed by atoms with Crippen LogP contribution >= 0.6 is 12.4 Å². The van der Waals surface area contributed by atoms with Crippen LogP contribution in [-0.4, -0.2) is 133 Å². The number of ether oxygens (including phenoxy) is 4. The quantitative estimate of drug-likeness (QED) is 0.152. The van der Waals surface area contributed by atoms with Gasteiger partial charge in [0.05, 0.1) is 38.0 Å². The Morgan fingerprint density at radius 3 is 1.55 bits per heavy atom. The number of hydrogen-bond acceptors (Lipinski definition) is 11. The Kier molecular flexibility index (Phi) is 22.4. The number of carbonyl (C=O) groups excluding carboxylic acids is 5. The first-order valence-corrected chi connectivity index (χ1v) is 27.6. The van der Waals surface area contributed by atoms with E-state index in [9.17, 15) is 28.8 Å². The number of carbonyl (C=O) groups is 6. The Balaban J connectivity index is 0.000000230. The van der Waals surface area contributed by atoms with E-state index in [2.05, 4.69) is 53.8 Å². The largest absolute Gasteiger partial charge is 0.481 e. The normalized spacial score (nSPS) is 22.5. The molecule has 2 aromatic carbocycles. The molecule has 4 aliphatic carbocycles. The molecule has 0 aromatic heterocycles. The summed E-state index contributed by atoms with van der Waals surface area (Å²) in [6, 6.07) is 16.9. The molecule has 2 heterocycles. The molecule has 76 heavy (non-hydrogen) atoms. The van der Waals surface area contributed by atoms with Gasteiger partial charge in [-0.25, -0.2) is 9.59 Å². The van der Waals surface area contributed by atoms with E-state index in [1.165, 1.54) is 44.5 Å². The molecule has 0 spiro atoms. The number of aliphatic carboxylic acids is 1. The minimum atomic E-state index is -0.695. The van der Waals surface area contributed by atoms with E-state index in [0.29, 0.717) is 63.9 Å². The number of nitrogens with zero attached hydrogens (tertiary/aromatic N) is 3. The average Bonchev–Trinajstić information content (AvgIpc) is 3.93. The van der Waals surface area contributed by atoms with Gasteiger partial charge in [-0.1, -0.05) is 48.5 Å². The van der Waals surface area contributed by atoms with Gasteiger partial charge in [-0.2, -0.15) is 0 Å². The minimum Gasteiger partial charge on any atom is -0.481 e. The lowest BCUT2D eigenvalue weighted by molar-refractivity contribution is -0.147. The van der Waals surface area contributed by atoms with Gasteiger partial charge in [0.2, 0.25) is 5.91 Å². The summed E-state index contributed by atoms with van der Waals surface area (Å²) in [5, 5.41) is 12.4. The Labute approximate surface area is 458 Å². The molecular weight excluding hydrogens is 988 g/mol. The zero-order valence-electron chi connectivity index (χ0n) is 47.0. The predicted molar refractivity (Wildman–Crippen MR) is 297 cm³/mol. The van der Waals surface area contributed by atoms with Crippen molar-refractivity contribution in [2.24, 2.45) is 23.7 Å². The number of benzene rings is 2. The summed E-state index contributed by atoms with van der Waals surface area (Å²) in [7, 11) is 3.52. The maximum atomic E-state index is 13.8. The van der Waals surface area contributed by atoms with Crippen LogP contribution < -0.4 is 5.32 Å². The van der Waals surface area contributed by atoms with Gasteiger partial charge in [0.1, 0.15) is 11.2 Å². The van der Waals surface area contributed by atoms with E-state index in [1.54, 1.807) is 23.9 Å². The number of hydrogen-bond donors (Lipinski definition) is 2. The van der Waals surface area contributed by atoms with Gasteiger partial charge in [-0.3, -0.25) is 19.2 Å². The first-order chi connectivity index (χ1) is 35.5. The van der Waals surface area contributed by atoms with Crippen molar-refractivity contribution in [1.29, 1.82) is 0 Å². The van der Waals surface area contributed by atoms with Gasteiger partial charge in [0.25, 0.3) is 0 Å². The zero-order chi connectivity index (χ0) is 54.6. The summed E-state index contributed by atoms with van der Waals surface area (Å²) in [5.41, 5.74) is 9.69. The number of nitrogens with one attached hydrogen (secondary N) is 1. The number of esters is 2. The molecule has 0 bridgehead atoms. The van der Waals surface area contributed by atoms with Crippen molar-refractivity contribution >= 4 is 59.6 Å². The molecule has 0 radical (unpaired) electrons. The number of rotatable bonds is 12. The Morgan fingerprint density at radius 1 is 0.632 bits per heavy atom. The van der Waals surface area contributed by atoms with Crippen LogP contribution in [-0.2, 0) is 51.0 Å². The van der Waals surface area contributed by atoms with E-state index in [1.807, 2.05) is 60.3 Å². The van der Waals surface area contributed by atoms with Gasteiger partial charge in [-0.05, 0) is 195 Å². The van der Waals surface area contributed by atoms with Crippen LogP contribution in [0.25, 0.3) is 11.1 Å². The van der Waals surface area contributed by atoms with Gasteiger partial charge < -0.3 is 44.1 Å². The molecule has 6 aliphatic rings. The lowest BCUT2D eigenvalue weighted by Gasteiger charge is -2.40. The lowest BCUT2D eigenvalue weighted by Crippen LogP contribution is -2.49. The fraction of sp³-hybridized carbons (Fsp3) is 0.633. The smallest absolute Gasteiger partial charge is 0.410 e. The highest BCUT2D eigenvalue weighted by Gasteiger charge is 2.41. The van der Waals surface area contributed by atoms with E-state index < -0.39 is 17.2 Å². The SMILES string of the molecule is CCOC(=O)CC1C2=C(CCN1C(=O)C1CCC(CN(C)C(=O)OC(C)(C)C)CC1)c1ccccc1C2.CCOC(=O)CC1NCCC2=C1Cc1ccccc12.CN(CC1CCC(C(=O)O)CC1)C(=O)OC(C)(C)C.Cl. The van der Waals surface area contributed by atoms with Gasteiger partial charge >= 0.3 is 30.1 Å². The zero-order valence-corrected chi connectivity index (χ0v) is 47.8. The fourth-order valence-electron chi connectivity index (χ4n) is 11.7. The van der Waals surface area contributed by atoms with Crippen molar-refractivity contribution in [2.45, 2.75) is 169 Å². The first-order valence-electron chi connectivity index (χ1n) is 27.6. The second-order valence-corrected chi connectivity index (χ2v) is 23.2. The number of carboxylic acids is 1. The summed E-state index contributed by atoms with van der Waals surface area (Å²) in [4.78, 5) is 78.3. The third kappa shape index (κ3) is 17.0. The van der Waals surface area contributed by atoms with Crippen LogP contribution in [0.3, 0.4) is 0 Å². The Bertz CT molecular complexity index is 2410. The highest BCUT2D eigenvalue weighted by atomic mass is 35.5. The summed E-state index contributed by atoms with van der Waals surface area (Å²) in [6.07, 6.45) is 10.3. The summed E-state index contributed by atoms with van der Waals surface area (Å²) >= 11 is 0. The average molecular weight is 1080 g/mol. The topological polar surface area (TPSA) is 181 Å². The molecule has 420 valence electrons. The van der Waals surface area contributed by atoms with Crippen molar-refractivity contribution < 1.29 is 52.8 Å². The molecule has 2 saturated carbocycles. The van der Waals surface area contributed by atoms with Gasteiger partial charge in [0, 0.05) is 45.7 Å². The highest BCUT2D eigenvalue weighted by molar-refractivity contribution is 5.86. The van der Waals surface area contributed by atoms with Crippen molar-refractivity contribution in [1.82, 2.24) is 20.0 Å². The van der Waals surface area contributed by atoms with E-state index in [-0.39, 0.29) is 72.8 Å². The fourth-order valence-corrected chi connectivity index (χ4v) is 11.7. The highest BCUT2D eigenvalue weighted by Crippen LogP contribution is 2.44. The van der Waals surface area contributed by atoms with Crippen molar-refractivity contribution in [3.8, 4) is 0 Å². The molecule has 3 amide bonds. The van der Waals surface area contributed by atoms with Crippen molar-refractivity contribution in [3.05, 3.63) is 81.9 Å². The number of carboxylic acid groups (broad SMARTS) is 1. The van der Waals surface area contributed by atoms with Crippen LogP contribution in [0, 0.1) is 23.7 Å². The number of fused-ring (bicyclic) bond motifs is 4. The molecular formula is C60H87ClN4O11. The molecule has 2 fully saturated rings. The Hall–Kier alpha value is -5.41. The summed E-state index contributed by atoms with van der Waals surface area (Å²) in [6.45, 7) is 18.5. The van der Waals surface area contributed by atoms with Gasteiger partial charge in [-0.15, -0.1) is 12.4 Å². The molecule has 0 saturated heterocycles. The second-order valence-electron chi connectivity index (χ2n) is 23.2. The number of amides is 3. The maximum absolute atomic E-state index is 13.8. The monoisotopic (exact) mass is 1070 g/mol. The predicted octanol–water partition coefficient (Wildman–Crippen LogP) is 10.7. The summed E-state index contributed by atoms with van der Waals surface area (Å²) in [5.74, 6) is -0.393. The Morgan fingerprint density at radius 2 is 1.08 bits per heavy atom. The molecule has 2 aliphatic heterocycles. The molecule has 8 rings (SSSR count). The molecule has 15 nitrogen and oxygen atoms in total. The van der Waals surface area contributed by atoms with Crippen molar-refractivity contribution in [2.75, 3.05) is 53.5 Å². The third-order valence-corrected chi connectivity index (χ3v) is 15.3. The van der Waals surface area contributed by atoms with E-state index in [4.69, 9.17) is 24.1 Å². The number of halogens is 1. The van der Waals surface area contributed by atoms with Crippen LogP contribution in [0.5, 0.6) is 0 Å². The van der Waals surface area contributed by atoms with Crippen LogP contribution in [0.15, 0.2) is 59.7 Å². The lowest BCUT2D eigenvalue weighted by atomic mass is 9.80. The molecule has 2 unspecified atom stereocenters. The van der Waals surface area contributed by atoms with Crippen LogP contribution in [0.4, 0.5) is 9.59 Å². The standard InChI is InChI=1S/C30H42N2O5.C16H19NO2.C14H25NO4.ClH/c1-6-36-27(33)18-26-25-17-22-9-7-8-10-23(22)24(25)15-16-32(26)28(34)21-13-11-20(12-14-21)19-31(5)29(35)37-30(2,3)4;1-2-19-16(18)10-15-14-9-11-5-3-4-6-12(11)13(14)7-8-17-15;1-14(2,3)19-13(18)15(4)9-10-5-7-11(8-6-10)12(16)17;/h7-10,20-21,26H,6,11-19H2,1-5H3;3-6,15,17H,2,7-10H2,1H3;10-11H,5-9H2,1-4H3,(H,16,17);1H. The maximum Gasteiger partial charge on any atom is 0.410 e. The molecule has 2 atom stereocenters. The van der Waals surface area contributed by atoms with E-state index in [0.717, 1.165) is 70.8 Å². The second kappa shape index (κ2) is 27.8. The molecule has 16 heteroatoms. The van der Waals surface area contributed by atoms with Crippen LogP contribution in [0.2, 0.25) is 0 Å². The minimum absolute atomic E-state index is 0. The third-order valence-electron chi connectivity index (χ3n) is 15.3. The first kappa shape index (κ1) is 61.4. The van der Waals surface area contributed by atoms with Gasteiger partial charge in [0.15, 0.2) is 0 Å². The summed E-state index contributed by atoms with van der Waals surface area (Å²) < 4.78 is 21.1.